The van der Waals surface area contributed by atoms with Crippen LogP contribution in [-0.2, 0) is 0 Å². The van der Waals surface area contributed by atoms with E-state index in [4.69, 9.17) is 28.9 Å². The third-order valence-electron chi connectivity index (χ3n) is 2.48. The Morgan fingerprint density at radius 2 is 1.75 bits per heavy atom. The molecule has 0 radical (unpaired) electrons. The van der Waals surface area contributed by atoms with Gasteiger partial charge in [0.05, 0.1) is 5.02 Å². The van der Waals surface area contributed by atoms with Crippen LogP contribution in [0.2, 0.25) is 10.0 Å². The maximum atomic E-state index is 6.19. The lowest BCUT2D eigenvalue weighted by atomic mass is 10.0. The summed E-state index contributed by atoms with van der Waals surface area (Å²) >= 11 is 12.4. The minimum absolute atomic E-state index is 0.621. The normalized spacial score (nSPS) is 10.4. The summed E-state index contributed by atoms with van der Waals surface area (Å²) in [5.74, 6) is 0. The molecule has 2 aromatic carbocycles. The van der Waals surface area contributed by atoms with Crippen LogP contribution in [0.5, 0.6) is 0 Å². The Morgan fingerprint density at radius 1 is 1.00 bits per heavy atom. The highest BCUT2D eigenvalue weighted by molar-refractivity contribution is 6.36. The number of nitrogens with two attached hydrogens (primary N) is 1. The number of hydrogen-bond acceptors (Lipinski definition) is 1. The fourth-order valence-electron chi connectivity index (χ4n) is 1.71. The molecule has 16 heavy (non-hydrogen) atoms. The van der Waals surface area contributed by atoms with Crippen LogP contribution in [0.1, 0.15) is 5.56 Å². The first kappa shape index (κ1) is 11.3. The monoisotopic (exact) mass is 251 g/mol. The van der Waals surface area contributed by atoms with E-state index in [1.165, 1.54) is 0 Å². The lowest BCUT2D eigenvalue weighted by Crippen LogP contribution is -1.89. The molecule has 0 aromatic heterocycles. The zero-order valence-electron chi connectivity index (χ0n) is 8.80. The molecule has 0 aliphatic rings. The van der Waals surface area contributed by atoms with Gasteiger partial charge in [-0.1, -0.05) is 41.4 Å². The zero-order chi connectivity index (χ0) is 11.7. The van der Waals surface area contributed by atoms with Crippen molar-refractivity contribution in [1.29, 1.82) is 0 Å². The molecule has 1 nitrogen and oxygen atoms in total. The maximum Gasteiger partial charge on any atom is 0.0505 e. The first-order valence-corrected chi connectivity index (χ1v) is 5.65. The Bertz CT molecular complexity index is 515. The van der Waals surface area contributed by atoms with Gasteiger partial charge in [0.25, 0.3) is 0 Å². The molecule has 0 aliphatic carbocycles. The molecule has 0 unspecified atom stereocenters. The van der Waals surface area contributed by atoms with Crippen molar-refractivity contribution in [3.8, 4) is 11.1 Å². The highest BCUT2D eigenvalue weighted by Crippen LogP contribution is 2.36. The van der Waals surface area contributed by atoms with Crippen molar-refractivity contribution in [1.82, 2.24) is 0 Å². The Kier molecular flexibility index (Phi) is 3.08. The molecule has 0 fully saturated rings. The summed E-state index contributed by atoms with van der Waals surface area (Å²) in [6.07, 6.45) is 0. The van der Waals surface area contributed by atoms with Crippen LogP contribution in [0.3, 0.4) is 0 Å². The zero-order valence-corrected chi connectivity index (χ0v) is 10.3. The van der Waals surface area contributed by atoms with Gasteiger partial charge in [-0.3, -0.25) is 0 Å². The van der Waals surface area contributed by atoms with E-state index in [-0.39, 0.29) is 0 Å². The molecule has 0 atom stereocenters. The van der Waals surface area contributed by atoms with E-state index in [9.17, 15) is 0 Å². The van der Waals surface area contributed by atoms with Crippen LogP contribution >= 0.6 is 23.2 Å². The number of hydrogen-bond donors (Lipinski definition) is 1. The summed E-state index contributed by atoms with van der Waals surface area (Å²) in [5.41, 5.74) is 9.29. The summed E-state index contributed by atoms with van der Waals surface area (Å²) in [5, 5.41) is 1.32. The highest BCUT2D eigenvalue weighted by atomic mass is 35.5. The molecular formula is C13H11Cl2N. The molecule has 2 N–H and O–H groups in total. The van der Waals surface area contributed by atoms with Gasteiger partial charge in [-0.15, -0.1) is 0 Å². The molecule has 0 amide bonds. The Hall–Kier alpha value is -1.18. The van der Waals surface area contributed by atoms with Crippen molar-refractivity contribution < 1.29 is 0 Å². The van der Waals surface area contributed by atoms with E-state index in [1.54, 1.807) is 6.07 Å². The molecule has 2 aromatic rings. The minimum atomic E-state index is 0.621. The van der Waals surface area contributed by atoms with Gasteiger partial charge in [-0.2, -0.15) is 0 Å². The maximum absolute atomic E-state index is 6.19. The minimum Gasteiger partial charge on any atom is -0.399 e. The Labute approximate surface area is 105 Å². The van der Waals surface area contributed by atoms with E-state index < -0.39 is 0 Å². The fraction of sp³-hybridized carbons (Fsp3) is 0.0769. The van der Waals surface area contributed by atoms with Crippen LogP contribution in [0.15, 0.2) is 36.4 Å². The molecule has 2 rings (SSSR count). The average Bonchev–Trinajstić information content (AvgIpc) is 2.20. The molecule has 0 saturated carbocycles. The molecule has 0 bridgehead atoms. The summed E-state index contributed by atoms with van der Waals surface area (Å²) in [4.78, 5) is 0. The summed E-state index contributed by atoms with van der Waals surface area (Å²) in [7, 11) is 0. The van der Waals surface area contributed by atoms with E-state index in [2.05, 4.69) is 0 Å². The second-order valence-corrected chi connectivity index (χ2v) is 4.49. The molecule has 0 heterocycles. The van der Waals surface area contributed by atoms with Crippen LogP contribution in [0.4, 0.5) is 5.69 Å². The van der Waals surface area contributed by atoms with E-state index in [1.807, 2.05) is 37.3 Å². The third kappa shape index (κ3) is 2.01. The summed E-state index contributed by atoms with van der Waals surface area (Å²) < 4.78 is 0. The smallest absolute Gasteiger partial charge is 0.0505 e. The molecule has 0 aliphatic heterocycles. The lowest BCUT2D eigenvalue weighted by Gasteiger charge is -2.10. The van der Waals surface area contributed by atoms with Gasteiger partial charge >= 0.3 is 0 Å². The Balaban J connectivity index is 2.68. The van der Waals surface area contributed by atoms with E-state index in [0.717, 1.165) is 16.7 Å². The predicted octanol–water partition coefficient (Wildman–Crippen LogP) is 4.55. The predicted molar refractivity (Wildman–Crippen MR) is 71.0 cm³/mol. The fourth-order valence-corrected chi connectivity index (χ4v) is 2.31. The van der Waals surface area contributed by atoms with Gasteiger partial charge in [-0.05, 0) is 30.7 Å². The van der Waals surface area contributed by atoms with Crippen LogP contribution in [0.25, 0.3) is 11.1 Å². The number of aryl methyl sites for hydroxylation is 1. The molecule has 3 heteroatoms. The van der Waals surface area contributed by atoms with Crippen LogP contribution < -0.4 is 5.73 Å². The van der Waals surface area contributed by atoms with Gasteiger partial charge in [0.15, 0.2) is 0 Å². The van der Waals surface area contributed by atoms with Crippen molar-refractivity contribution in [2.45, 2.75) is 6.92 Å². The summed E-state index contributed by atoms with van der Waals surface area (Å²) in [6, 6.07) is 11.2. The van der Waals surface area contributed by atoms with Crippen molar-refractivity contribution in [2.75, 3.05) is 5.73 Å². The van der Waals surface area contributed by atoms with Crippen molar-refractivity contribution >= 4 is 28.9 Å². The molecular weight excluding hydrogens is 241 g/mol. The number of benzene rings is 2. The number of anilines is 1. The second kappa shape index (κ2) is 4.36. The Morgan fingerprint density at radius 3 is 2.38 bits per heavy atom. The standard InChI is InChI=1S/C13H11Cl2N/c1-8-3-2-4-11(14)13(8)10-6-5-9(16)7-12(10)15/h2-7H,16H2,1H3. The van der Waals surface area contributed by atoms with Gasteiger partial charge < -0.3 is 5.73 Å². The van der Waals surface area contributed by atoms with Crippen LogP contribution in [0, 0.1) is 6.92 Å². The molecule has 0 saturated heterocycles. The first-order chi connectivity index (χ1) is 7.59. The van der Waals surface area contributed by atoms with Crippen molar-refractivity contribution in [3.63, 3.8) is 0 Å². The summed E-state index contributed by atoms with van der Waals surface area (Å²) in [6.45, 7) is 2.01. The quantitative estimate of drug-likeness (QED) is 0.740. The van der Waals surface area contributed by atoms with E-state index >= 15 is 0 Å². The average molecular weight is 252 g/mol. The largest absolute Gasteiger partial charge is 0.399 e. The van der Waals surface area contributed by atoms with Crippen molar-refractivity contribution in [3.05, 3.63) is 52.0 Å². The number of halogens is 2. The van der Waals surface area contributed by atoms with Gasteiger partial charge in [-0.25, -0.2) is 0 Å². The second-order valence-electron chi connectivity index (χ2n) is 3.67. The highest BCUT2D eigenvalue weighted by Gasteiger charge is 2.10. The topological polar surface area (TPSA) is 26.0 Å². The third-order valence-corrected chi connectivity index (χ3v) is 3.11. The van der Waals surface area contributed by atoms with Gasteiger partial charge in [0.1, 0.15) is 0 Å². The van der Waals surface area contributed by atoms with Crippen LogP contribution in [-0.4, -0.2) is 0 Å². The lowest BCUT2D eigenvalue weighted by molar-refractivity contribution is 1.46. The number of rotatable bonds is 1. The van der Waals surface area contributed by atoms with Crippen molar-refractivity contribution in [2.24, 2.45) is 0 Å². The SMILES string of the molecule is Cc1cccc(Cl)c1-c1ccc(N)cc1Cl. The van der Waals surface area contributed by atoms with Gasteiger partial charge in [0, 0.05) is 21.8 Å². The van der Waals surface area contributed by atoms with Gasteiger partial charge in [0.2, 0.25) is 0 Å². The first-order valence-electron chi connectivity index (χ1n) is 4.90. The molecule has 82 valence electrons. The molecule has 0 spiro atoms. The number of nitrogen functional groups attached to an aromatic ring is 1. The van der Waals surface area contributed by atoms with E-state index in [0.29, 0.717) is 15.7 Å².